The summed E-state index contributed by atoms with van der Waals surface area (Å²) in [6, 6.07) is 7.43. The lowest BCUT2D eigenvalue weighted by molar-refractivity contribution is -0.138. The SMILES string of the molecule is COc1ccc(Cn2ncc3c(c(C)nn3CCOCCC(=O)N3CCN(c4ncc(C(F)(F)F)cn4)CC3)c2=O)cc1. The number of anilines is 1. The maximum absolute atomic E-state index is 13.1. The minimum atomic E-state index is -4.49. The lowest BCUT2D eigenvalue weighted by atomic mass is 10.2. The van der Waals surface area contributed by atoms with Crippen molar-refractivity contribution in [2.75, 3.05) is 51.4 Å². The number of piperazine rings is 1. The second-order valence-corrected chi connectivity index (χ2v) is 10.0. The molecule has 5 rings (SSSR count). The van der Waals surface area contributed by atoms with Gasteiger partial charge in [0.1, 0.15) is 5.75 Å². The zero-order chi connectivity index (χ0) is 30.6. The number of hydrogen-bond donors (Lipinski definition) is 0. The number of nitrogens with zero attached hydrogens (tertiary/aromatic N) is 8. The summed E-state index contributed by atoms with van der Waals surface area (Å²) in [6.07, 6.45) is -1.15. The number of amides is 1. The molecule has 1 saturated heterocycles. The molecule has 0 radical (unpaired) electrons. The van der Waals surface area contributed by atoms with Crippen LogP contribution in [0.1, 0.15) is 23.2 Å². The van der Waals surface area contributed by atoms with Crippen LogP contribution in [0.5, 0.6) is 5.75 Å². The fraction of sp³-hybridized carbons (Fsp3) is 0.429. The highest BCUT2D eigenvalue weighted by molar-refractivity contribution is 5.79. The molecular weight excluding hydrogens is 569 g/mol. The number of benzene rings is 1. The summed E-state index contributed by atoms with van der Waals surface area (Å²) >= 11 is 0. The molecule has 1 aliphatic rings. The molecule has 0 bridgehead atoms. The van der Waals surface area contributed by atoms with E-state index in [2.05, 4.69) is 20.2 Å². The Bertz CT molecular complexity index is 1610. The number of aryl methyl sites for hydroxylation is 1. The number of hydrogen-bond acceptors (Lipinski definition) is 9. The Balaban J connectivity index is 1.07. The number of carbonyl (C=O) groups excluding carboxylic acids is 1. The van der Waals surface area contributed by atoms with Crippen molar-refractivity contribution in [1.82, 2.24) is 34.4 Å². The van der Waals surface area contributed by atoms with Gasteiger partial charge in [0, 0.05) is 38.6 Å². The number of fused-ring (bicyclic) bond motifs is 1. The molecule has 1 fully saturated rings. The number of alkyl halides is 3. The van der Waals surface area contributed by atoms with Gasteiger partial charge in [-0.2, -0.15) is 23.4 Å². The fourth-order valence-electron chi connectivity index (χ4n) is 4.85. The Morgan fingerprint density at radius 2 is 1.67 bits per heavy atom. The monoisotopic (exact) mass is 600 g/mol. The van der Waals surface area contributed by atoms with Crippen LogP contribution in [0.3, 0.4) is 0 Å². The summed E-state index contributed by atoms with van der Waals surface area (Å²) in [4.78, 5) is 36.9. The molecule has 0 N–H and O–H groups in total. The largest absolute Gasteiger partial charge is 0.497 e. The molecule has 0 atom stereocenters. The number of carbonyl (C=O) groups is 1. The molecule has 1 aliphatic heterocycles. The van der Waals surface area contributed by atoms with Gasteiger partial charge in [-0.05, 0) is 24.6 Å². The maximum atomic E-state index is 13.1. The third-order valence-electron chi connectivity index (χ3n) is 7.21. The van der Waals surface area contributed by atoms with Gasteiger partial charge >= 0.3 is 6.18 Å². The van der Waals surface area contributed by atoms with Gasteiger partial charge < -0.3 is 19.3 Å². The molecule has 0 saturated carbocycles. The zero-order valence-electron chi connectivity index (χ0n) is 23.8. The first-order valence-corrected chi connectivity index (χ1v) is 13.7. The van der Waals surface area contributed by atoms with Crippen LogP contribution in [0.4, 0.5) is 19.1 Å². The molecule has 15 heteroatoms. The number of methoxy groups -OCH3 is 1. The van der Waals surface area contributed by atoms with E-state index in [1.54, 1.807) is 34.7 Å². The van der Waals surface area contributed by atoms with E-state index in [1.165, 1.54) is 4.68 Å². The maximum Gasteiger partial charge on any atom is 0.419 e. The van der Waals surface area contributed by atoms with Gasteiger partial charge in [-0.15, -0.1) is 0 Å². The Labute approximate surface area is 244 Å². The molecule has 0 spiro atoms. The summed E-state index contributed by atoms with van der Waals surface area (Å²) in [5.74, 6) is 0.863. The van der Waals surface area contributed by atoms with Gasteiger partial charge in [0.05, 0.1) is 68.2 Å². The molecule has 1 aromatic carbocycles. The highest BCUT2D eigenvalue weighted by atomic mass is 19.4. The van der Waals surface area contributed by atoms with Gasteiger partial charge in [0.15, 0.2) is 0 Å². The normalized spacial score (nSPS) is 14.0. The van der Waals surface area contributed by atoms with Crippen molar-refractivity contribution in [2.45, 2.75) is 32.6 Å². The standard InChI is InChI=1S/C28H31F3N8O4/c1-19-25-23(17-34-39(26(25)41)18-20-3-5-22(42-2)6-4-20)38(35-19)12-14-43-13-7-24(40)36-8-10-37(11-9-36)27-32-15-21(16-33-27)28(29,30)31/h3-6,15-17H,7-14,18H2,1-2H3. The average molecular weight is 601 g/mol. The summed E-state index contributed by atoms with van der Waals surface area (Å²) < 4.78 is 52.2. The first-order chi connectivity index (χ1) is 20.6. The minimum absolute atomic E-state index is 0.0741. The Kier molecular flexibility index (Phi) is 8.89. The van der Waals surface area contributed by atoms with Gasteiger partial charge in [-0.3, -0.25) is 14.3 Å². The molecular formula is C28H31F3N8O4. The zero-order valence-corrected chi connectivity index (χ0v) is 23.8. The van der Waals surface area contributed by atoms with Crippen molar-refractivity contribution in [1.29, 1.82) is 0 Å². The molecule has 43 heavy (non-hydrogen) atoms. The molecule has 4 heterocycles. The van der Waals surface area contributed by atoms with Crippen molar-refractivity contribution >= 4 is 22.8 Å². The van der Waals surface area contributed by atoms with Gasteiger partial charge in [-0.1, -0.05) is 12.1 Å². The van der Waals surface area contributed by atoms with Crippen molar-refractivity contribution in [3.63, 3.8) is 0 Å². The molecule has 0 aliphatic carbocycles. The summed E-state index contributed by atoms with van der Waals surface area (Å²) in [5, 5.41) is 9.34. The van der Waals surface area contributed by atoms with E-state index in [0.717, 1.165) is 23.7 Å². The van der Waals surface area contributed by atoms with E-state index < -0.39 is 11.7 Å². The average Bonchev–Trinajstić information content (AvgIpc) is 3.33. The van der Waals surface area contributed by atoms with Crippen molar-refractivity contribution in [3.8, 4) is 5.75 Å². The second kappa shape index (κ2) is 12.8. The molecule has 12 nitrogen and oxygen atoms in total. The summed E-state index contributed by atoms with van der Waals surface area (Å²) in [7, 11) is 1.60. The summed E-state index contributed by atoms with van der Waals surface area (Å²) in [5.41, 5.74) is 0.998. The summed E-state index contributed by atoms with van der Waals surface area (Å²) in [6.45, 7) is 4.63. The molecule has 3 aromatic heterocycles. The Morgan fingerprint density at radius 1 is 0.977 bits per heavy atom. The smallest absolute Gasteiger partial charge is 0.419 e. The van der Waals surface area contributed by atoms with Crippen LogP contribution < -0.4 is 15.2 Å². The number of ether oxygens (including phenoxy) is 2. The third-order valence-corrected chi connectivity index (χ3v) is 7.21. The highest BCUT2D eigenvalue weighted by Gasteiger charge is 2.32. The third kappa shape index (κ3) is 6.93. The van der Waals surface area contributed by atoms with Crippen LogP contribution in [0.25, 0.3) is 10.9 Å². The van der Waals surface area contributed by atoms with E-state index in [-0.39, 0.29) is 37.0 Å². The van der Waals surface area contributed by atoms with Crippen LogP contribution in [0, 0.1) is 6.92 Å². The minimum Gasteiger partial charge on any atom is -0.497 e. The Morgan fingerprint density at radius 3 is 2.33 bits per heavy atom. The predicted octanol–water partition coefficient (Wildman–Crippen LogP) is 2.52. The first-order valence-electron chi connectivity index (χ1n) is 13.7. The van der Waals surface area contributed by atoms with Crippen LogP contribution in [-0.4, -0.2) is 86.8 Å². The number of aromatic nitrogens is 6. The van der Waals surface area contributed by atoms with Crippen molar-refractivity contribution in [3.05, 3.63) is 70.0 Å². The molecule has 1 amide bonds. The lowest BCUT2D eigenvalue weighted by Gasteiger charge is -2.34. The van der Waals surface area contributed by atoms with E-state index in [4.69, 9.17) is 9.47 Å². The molecule has 4 aromatic rings. The van der Waals surface area contributed by atoms with Gasteiger partial charge in [-0.25, -0.2) is 14.6 Å². The van der Waals surface area contributed by atoms with E-state index in [0.29, 0.717) is 55.9 Å². The first kappa shape index (κ1) is 29.9. The second-order valence-electron chi connectivity index (χ2n) is 10.0. The van der Waals surface area contributed by atoms with Gasteiger partial charge in [0.25, 0.3) is 5.56 Å². The van der Waals surface area contributed by atoms with E-state index in [9.17, 15) is 22.8 Å². The van der Waals surface area contributed by atoms with Crippen molar-refractivity contribution < 1.29 is 27.4 Å². The van der Waals surface area contributed by atoms with Crippen LogP contribution in [0.15, 0.2) is 47.7 Å². The molecule has 228 valence electrons. The van der Waals surface area contributed by atoms with Crippen LogP contribution in [-0.2, 0) is 28.8 Å². The number of halogens is 3. The van der Waals surface area contributed by atoms with Crippen molar-refractivity contribution in [2.24, 2.45) is 0 Å². The van der Waals surface area contributed by atoms with Crippen LogP contribution >= 0.6 is 0 Å². The van der Waals surface area contributed by atoms with Gasteiger partial charge in [0.2, 0.25) is 11.9 Å². The fourth-order valence-corrected chi connectivity index (χ4v) is 4.85. The number of rotatable bonds is 10. The lowest BCUT2D eigenvalue weighted by Crippen LogP contribution is -2.49. The van der Waals surface area contributed by atoms with E-state index >= 15 is 0 Å². The van der Waals surface area contributed by atoms with E-state index in [1.807, 2.05) is 24.3 Å². The van der Waals surface area contributed by atoms with Crippen LogP contribution in [0.2, 0.25) is 0 Å². The molecule has 0 unspecified atom stereocenters. The quantitative estimate of drug-likeness (QED) is 0.253. The topological polar surface area (TPSA) is 120 Å². The highest BCUT2D eigenvalue weighted by Crippen LogP contribution is 2.28. The predicted molar refractivity (Wildman–Crippen MR) is 150 cm³/mol. The Hall–Kier alpha value is -4.53.